The van der Waals surface area contributed by atoms with Crippen molar-refractivity contribution >= 4 is 11.9 Å². The van der Waals surface area contributed by atoms with Crippen LogP contribution in [0.2, 0.25) is 0 Å². The molecule has 6 nitrogen and oxygen atoms in total. The molecule has 532 valence electrons. The highest BCUT2D eigenvalue weighted by atomic mass is 16.5. The zero-order valence-electron chi connectivity index (χ0n) is 61.1. The number of ether oxygens (including phenoxy) is 1. The SMILES string of the molecule is CCCCCC/C=C\C/C=C\CCCCCCCCCC(=O)OCCCCCCCCCCCCCC/C=C\CCCCCCCCCCCCCCCCCC(=O)NC(CO)C(O)CCCCCCCCCCCCCCCCCCCCCCCCCC. The fourth-order valence-corrected chi connectivity index (χ4v) is 13.1. The number of aliphatic hydroxyl groups excluding tert-OH is 2. The van der Waals surface area contributed by atoms with Crippen LogP contribution in [0, 0.1) is 0 Å². The van der Waals surface area contributed by atoms with Gasteiger partial charge in [0.1, 0.15) is 0 Å². The van der Waals surface area contributed by atoms with Crippen LogP contribution in [0.3, 0.4) is 0 Å². The van der Waals surface area contributed by atoms with E-state index < -0.39 is 12.1 Å². The summed E-state index contributed by atoms with van der Waals surface area (Å²) in [7, 11) is 0. The standard InChI is InChI=1S/C84H161NO5/c1-3-5-7-9-11-13-15-17-19-21-23-24-25-35-38-41-44-48-52-56-60-64-68-72-76-82(87)81(80-86)85-83(88)77-73-69-65-61-57-53-49-45-42-39-36-33-31-29-27-26-28-30-32-34-37-40-43-47-51-55-59-63-67-71-75-79-90-84(89)78-74-70-66-62-58-54-50-46-22-20-18-16-14-12-10-8-6-4-2/h14,16,20,22,28,30,81-82,86-87H,3-13,15,17-19,21,23-27,29,31-80H2,1-2H3,(H,85,88)/b16-14-,22-20-,30-28-. The van der Waals surface area contributed by atoms with Crippen molar-refractivity contribution in [3.8, 4) is 0 Å². The van der Waals surface area contributed by atoms with Gasteiger partial charge in [0.05, 0.1) is 25.4 Å². The minimum Gasteiger partial charge on any atom is -0.466 e. The van der Waals surface area contributed by atoms with Gasteiger partial charge in [-0.1, -0.05) is 403 Å². The molecule has 0 spiro atoms. The molecule has 0 radical (unpaired) electrons. The zero-order chi connectivity index (χ0) is 64.9. The summed E-state index contributed by atoms with van der Waals surface area (Å²) in [5, 5.41) is 23.5. The van der Waals surface area contributed by atoms with Crippen LogP contribution in [0.4, 0.5) is 0 Å². The second kappa shape index (κ2) is 79.5. The lowest BCUT2D eigenvalue weighted by Gasteiger charge is -2.22. The van der Waals surface area contributed by atoms with E-state index in [4.69, 9.17) is 4.74 Å². The smallest absolute Gasteiger partial charge is 0.305 e. The molecule has 90 heavy (non-hydrogen) atoms. The van der Waals surface area contributed by atoms with Crippen LogP contribution in [0.15, 0.2) is 36.5 Å². The second-order valence-electron chi connectivity index (χ2n) is 28.5. The fraction of sp³-hybridized carbons (Fsp3) is 0.905. The topological polar surface area (TPSA) is 95.9 Å². The Morgan fingerprint density at radius 1 is 0.311 bits per heavy atom. The van der Waals surface area contributed by atoms with E-state index in [9.17, 15) is 19.8 Å². The number of rotatable bonds is 78. The first-order chi connectivity index (χ1) is 44.5. The molecule has 0 heterocycles. The second-order valence-corrected chi connectivity index (χ2v) is 28.5. The van der Waals surface area contributed by atoms with Gasteiger partial charge in [-0.2, -0.15) is 0 Å². The van der Waals surface area contributed by atoms with Gasteiger partial charge in [0.25, 0.3) is 0 Å². The molecule has 0 fully saturated rings. The molecule has 2 atom stereocenters. The molecule has 0 rings (SSSR count). The minimum absolute atomic E-state index is 0.0113. The number of allylic oxidation sites excluding steroid dienone is 6. The molecule has 6 heteroatoms. The lowest BCUT2D eigenvalue weighted by atomic mass is 10.0. The third kappa shape index (κ3) is 75.1. The molecular formula is C84H161NO5. The number of carbonyl (C=O) groups excluding carboxylic acids is 2. The van der Waals surface area contributed by atoms with E-state index in [1.807, 2.05) is 0 Å². The average Bonchev–Trinajstić information content (AvgIpc) is 3.72. The van der Waals surface area contributed by atoms with Crippen LogP contribution in [0.25, 0.3) is 0 Å². The number of unbranched alkanes of at least 4 members (excludes halogenated alkanes) is 61. The zero-order valence-corrected chi connectivity index (χ0v) is 61.1. The van der Waals surface area contributed by atoms with Gasteiger partial charge in [-0.05, 0) is 83.5 Å². The molecule has 1 amide bonds. The van der Waals surface area contributed by atoms with Crippen LogP contribution in [0.5, 0.6) is 0 Å². The molecule has 0 aromatic rings. The highest BCUT2D eigenvalue weighted by Crippen LogP contribution is 2.20. The van der Waals surface area contributed by atoms with Crippen LogP contribution in [-0.2, 0) is 14.3 Å². The number of hydrogen-bond donors (Lipinski definition) is 3. The van der Waals surface area contributed by atoms with E-state index in [-0.39, 0.29) is 18.5 Å². The summed E-state index contributed by atoms with van der Waals surface area (Å²) in [5.74, 6) is -0.0160. The largest absolute Gasteiger partial charge is 0.466 e. The Morgan fingerprint density at radius 2 is 0.556 bits per heavy atom. The van der Waals surface area contributed by atoms with Crippen molar-refractivity contribution in [2.45, 2.75) is 475 Å². The summed E-state index contributed by atoms with van der Waals surface area (Å²) >= 11 is 0. The first-order valence-electron chi connectivity index (χ1n) is 41.2. The molecule has 0 saturated heterocycles. The minimum atomic E-state index is -0.665. The molecular weight excluding hydrogens is 1100 g/mol. The molecule has 0 aliphatic heterocycles. The molecule has 0 saturated carbocycles. The first-order valence-corrected chi connectivity index (χ1v) is 41.2. The summed E-state index contributed by atoms with van der Waals surface area (Å²) in [6.07, 6.45) is 104. The highest BCUT2D eigenvalue weighted by molar-refractivity contribution is 5.76. The highest BCUT2D eigenvalue weighted by Gasteiger charge is 2.20. The molecule has 0 aromatic carbocycles. The van der Waals surface area contributed by atoms with Crippen molar-refractivity contribution in [3.63, 3.8) is 0 Å². The fourth-order valence-electron chi connectivity index (χ4n) is 13.1. The number of carbonyl (C=O) groups is 2. The Bertz CT molecular complexity index is 1460. The normalized spacial score (nSPS) is 12.6. The van der Waals surface area contributed by atoms with Crippen LogP contribution < -0.4 is 5.32 Å². The number of esters is 1. The van der Waals surface area contributed by atoms with Crippen molar-refractivity contribution in [3.05, 3.63) is 36.5 Å². The molecule has 2 unspecified atom stereocenters. The van der Waals surface area contributed by atoms with E-state index in [0.29, 0.717) is 25.9 Å². The van der Waals surface area contributed by atoms with Crippen molar-refractivity contribution < 1.29 is 24.5 Å². The van der Waals surface area contributed by atoms with Gasteiger partial charge in [0.2, 0.25) is 5.91 Å². The lowest BCUT2D eigenvalue weighted by Crippen LogP contribution is -2.45. The monoisotopic (exact) mass is 1260 g/mol. The maximum absolute atomic E-state index is 12.6. The number of hydrogen-bond acceptors (Lipinski definition) is 5. The number of nitrogens with one attached hydrogen (secondary N) is 1. The van der Waals surface area contributed by atoms with Gasteiger partial charge >= 0.3 is 5.97 Å². The first kappa shape index (κ1) is 88.1. The van der Waals surface area contributed by atoms with Crippen LogP contribution in [-0.4, -0.2) is 47.4 Å². The van der Waals surface area contributed by atoms with E-state index >= 15 is 0 Å². The van der Waals surface area contributed by atoms with E-state index in [1.165, 1.54) is 379 Å². The van der Waals surface area contributed by atoms with Crippen LogP contribution >= 0.6 is 0 Å². The van der Waals surface area contributed by atoms with Gasteiger partial charge in [-0.3, -0.25) is 9.59 Å². The van der Waals surface area contributed by atoms with E-state index in [1.54, 1.807) is 0 Å². The van der Waals surface area contributed by atoms with Gasteiger partial charge in [0, 0.05) is 12.8 Å². The summed E-state index contributed by atoms with van der Waals surface area (Å²) in [6.45, 7) is 4.98. The number of amides is 1. The maximum atomic E-state index is 12.6. The van der Waals surface area contributed by atoms with Gasteiger partial charge in [-0.25, -0.2) is 0 Å². The Hall–Kier alpha value is -1.92. The molecule has 0 aromatic heterocycles. The van der Waals surface area contributed by atoms with Crippen molar-refractivity contribution in [1.29, 1.82) is 0 Å². The number of aliphatic hydroxyl groups is 2. The van der Waals surface area contributed by atoms with Gasteiger partial charge < -0.3 is 20.3 Å². The summed E-state index contributed by atoms with van der Waals surface area (Å²) in [4.78, 5) is 24.7. The summed E-state index contributed by atoms with van der Waals surface area (Å²) in [5.41, 5.74) is 0. The molecule has 0 bridgehead atoms. The predicted molar refractivity (Wildman–Crippen MR) is 398 cm³/mol. The summed E-state index contributed by atoms with van der Waals surface area (Å²) in [6, 6.07) is -0.542. The van der Waals surface area contributed by atoms with E-state index in [2.05, 4.69) is 55.6 Å². The maximum Gasteiger partial charge on any atom is 0.305 e. The van der Waals surface area contributed by atoms with Crippen molar-refractivity contribution in [2.24, 2.45) is 0 Å². The van der Waals surface area contributed by atoms with E-state index in [0.717, 1.165) is 51.4 Å². The Morgan fingerprint density at radius 3 is 0.867 bits per heavy atom. The molecule has 0 aliphatic rings. The third-order valence-electron chi connectivity index (χ3n) is 19.4. The Labute approximate surface area is 564 Å². The Balaban J connectivity index is 3.36. The molecule has 3 N–H and O–H groups in total. The van der Waals surface area contributed by atoms with Gasteiger partial charge in [0.15, 0.2) is 0 Å². The third-order valence-corrected chi connectivity index (χ3v) is 19.4. The van der Waals surface area contributed by atoms with Crippen LogP contribution in [0.1, 0.15) is 463 Å². The molecule has 0 aliphatic carbocycles. The predicted octanol–water partition coefficient (Wildman–Crippen LogP) is 27.4. The van der Waals surface area contributed by atoms with Crippen molar-refractivity contribution in [2.75, 3.05) is 13.2 Å². The summed E-state index contributed by atoms with van der Waals surface area (Å²) < 4.78 is 5.51. The van der Waals surface area contributed by atoms with Gasteiger partial charge in [-0.15, -0.1) is 0 Å². The van der Waals surface area contributed by atoms with Crippen molar-refractivity contribution in [1.82, 2.24) is 5.32 Å². The Kier molecular flexibility index (Phi) is 77.8. The quantitative estimate of drug-likeness (QED) is 0.0320. The lowest BCUT2D eigenvalue weighted by molar-refractivity contribution is -0.143. The average molecular weight is 1270 g/mol.